The third-order valence-electron chi connectivity index (χ3n) is 4.17. The molecule has 2 aromatic rings. The highest BCUT2D eigenvalue weighted by atomic mass is 35.5. The van der Waals surface area contributed by atoms with Crippen LogP contribution in [0.15, 0.2) is 34.4 Å². The van der Waals surface area contributed by atoms with Gasteiger partial charge in [-0.3, -0.25) is 9.69 Å². The van der Waals surface area contributed by atoms with Gasteiger partial charge < -0.3 is 23.9 Å². The molecule has 1 fully saturated rings. The molecule has 0 bridgehead atoms. The first-order chi connectivity index (χ1) is 14.9. The number of methoxy groups -OCH3 is 2. The lowest BCUT2D eigenvalue weighted by Crippen LogP contribution is -2.30. The Hall–Kier alpha value is -3.97. The molecule has 10 nitrogen and oxygen atoms in total. The summed E-state index contributed by atoms with van der Waals surface area (Å²) in [5, 5.41) is 11.6. The molecule has 0 unspecified atom stereocenters. The summed E-state index contributed by atoms with van der Waals surface area (Å²) in [4.78, 5) is 37.5. The highest BCUT2D eigenvalue weighted by molar-refractivity contribution is 6.31. The lowest BCUT2D eigenvalue weighted by atomic mass is 10.1. The van der Waals surface area contributed by atoms with Gasteiger partial charge in [0.05, 0.1) is 20.8 Å². The van der Waals surface area contributed by atoms with Gasteiger partial charge in [-0.05, 0) is 24.3 Å². The summed E-state index contributed by atoms with van der Waals surface area (Å²) in [6.07, 6.45) is 1.36. The van der Waals surface area contributed by atoms with Crippen LogP contribution < -0.4 is 14.8 Å². The van der Waals surface area contributed by atoms with E-state index in [-0.39, 0.29) is 41.9 Å². The number of furan rings is 1. The normalized spacial score (nSPS) is 14.4. The number of urea groups is 1. The molecule has 3 amide bonds. The van der Waals surface area contributed by atoms with Crippen LogP contribution in [0.3, 0.4) is 0 Å². The van der Waals surface area contributed by atoms with Gasteiger partial charge in [0.1, 0.15) is 17.5 Å². The van der Waals surface area contributed by atoms with E-state index in [1.54, 1.807) is 0 Å². The highest BCUT2D eigenvalue weighted by Gasteiger charge is 2.34. The third-order valence-corrected chi connectivity index (χ3v) is 4.39. The predicted molar refractivity (Wildman–Crippen MR) is 106 cm³/mol. The molecule has 31 heavy (non-hydrogen) atoms. The summed E-state index contributed by atoms with van der Waals surface area (Å²) >= 11 is 6.10. The molecule has 0 spiro atoms. The molecule has 0 atom stereocenters. The number of imide groups is 1. The number of halogens is 1. The fraction of sp³-hybridized carbons (Fsp3) is 0.200. The van der Waals surface area contributed by atoms with Crippen molar-refractivity contribution in [3.8, 4) is 17.6 Å². The number of benzene rings is 1. The second-order valence-corrected chi connectivity index (χ2v) is 6.55. The van der Waals surface area contributed by atoms with Crippen molar-refractivity contribution in [2.75, 3.05) is 20.8 Å². The average molecular weight is 446 g/mol. The van der Waals surface area contributed by atoms with Gasteiger partial charge in [-0.15, -0.1) is 0 Å². The Morgan fingerprint density at radius 1 is 1.32 bits per heavy atom. The van der Waals surface area contributed by atoms with Crippen LogP contribution in [0, 0.1) is 11.3 Å². The fourth-order valence-electron chi connectivity index (χ4n) is 2.81. The molecule has 1 aromatic heterocycles. The van der Waals surface area contributed by atoms with Crippen LogP contribution in [0.4, 0.5) is 4.79 Å². The molecule has 1 aliphatic heterocycles. The Balaban J connectivity index is 1.88. The number of hydrogen-bond donors (Lipinski definition) is 1. The van der Waals surface area contributed by atoms with Gasteiger partial charge in [0.15, 0.2) is 18.1 Å². The van der Waals surface area contributed by atoms with Crippen molar-refractivity contribution in [2.24, 2.45) is 0 Å². The lowest BCUT2D eigenvalue weighted by molar-refractivity contribution is -0.123. The van der Waals surface area contributed by atoms with Crippen molar-refractivity contribution in [3.63, 3.8) is 0 Å². The monoisotopic (exact) mass is 445 g/mol. The van der Waals surface area contributed by atoms with E-state index in [1.165, 1.54) is 44.6 Å². The van der Waals surface area contributed by atoms with Gasteiger partial charge in [-0.1, -0.05) is 11.6 Å². The number of hydrogen-bond acceptors (Lipinski definition) is 8. The van der Waals surface area contributed by atoms with Crippen LogP contribution in [0.1, 0.15) is 21.9 Å². The van der Waals surface area contributed by atoms with Crippen LogP contribution in [0.5, 0.6) is 11.5 Å². The Kier molecular flexibility index (Phi) is 6.47. The number of nitrogens with zero attached hydrogens (tertiary/aromatic N) is 2. The zero-order chi connectivity index (χ0) is 22.5. The number of carbonyl (C=O) groups is 3. The van der Waals surface area contributed by atoms with Crippen molar-refractivity contribution in [3.05, 3.63) is 52.1 Å². The van der Waals surface area contributed by atoms with Gasteiger partial charge >= 0.3 is 12.0 Å². The number of carbonyl (C=O) groups excluding carboxylic acids is 3. The first-order valence-corrected chi connectivity index (χ1v) is 9.14. The number of nitriles is 1. The van der Waals surface area contributed by atoms with E-state index in [4.69, 9.17) is 30.8 Å². The number of amides is 3. The SMILES string of the molecule is COC(=O)c1ccc(CN2C(=O)NC(=Cc3cc(Cl)cc(OC)c3OCC#N)C2=O)o1. The number of nitrogens with one attached hydrogen (secondary N) is 1. The smallest absolute Gasteiger partial charge is 0.373 e. The zero-order valence-electron chi connectivity index (χ0n) is 16.4. The summed E-state index contributed by atoms with van der Waals surface area (Å²) in [5.74, 6) is -0.697. The summed E-state index contributed by atoms with van der Waals surface area (Å²) in [6, 6.07) is 7.01. The molecule has 1 aromatic carbocycles. The topological polar surface area (TPSA) is 131 Å². The largest absolute Gasteiger partial charge is 0.493 e. The number of esters is 1. The van der Waals surface area contributed by atoms with Crippen molar-refractivity contribution < 1.29 is 33.0 Å². The fourth-order valence-corrected chi connectivity index (χ4v) is 3.02. The maximum atomic E-state index is 12.8. The van der Waals surface area contributed by atoms with Crippen molar-refractivity contribution in [2.45, 2.75) is 6.54 Å². The minimum atomic E-state index is -0.680. The molecule has 11 heteroatoms. The van der Waals surface area contributed by atoms with E-state index in [0.29, 0.717) is 10.6 Å². The van der Waals surface area contributed by atoms with Gasteiger partial charge in [0, 0.05) is 16.7 Å². The van der Waals surface area contributed by atoms with Crippen molar-refractivity contribution in [1.82, 2.24) is 10.2 Å². The van der Waals surface area contributed by atoms with E-state index < -0.39 is 17.9 Å². The van der Waals surface area contributed by atoms with Crippen molar-refractivity contribution in [1.29, 1.82) is 5.26 Å². The standard InChI is InChI=1S/C20H16ClN3O7/c1-28-16-9-12(21)7-11(17(16)30-6-5-22)8-14-18(25)24(20(27)23-14)10-13-3-4-15(31-13)19(26)29-2/h3-4,7-9H,6,10H2,1-2H3,(H,23,27). The quantitative estimate of drug-likeness (QED) is 0.391. The van der Waals surface area contributed by atoms with Gasteiger partial charge in [0.25, 0.3) is 5.91 Å². The Bertz CT molecular complexity index is 1120. The predicted octanol–water partition coefficient (Wildman–Crippen LogP) is 2.72. The zero-order valence-corrected chi connectivity index (χ0v) is 17.2. The Labute approximate surface area is 181 Å². The summed E-state index contributed by atoms with van der Waals surface area (Å²) in [5.41, 5.74) is 0.284. The minimum Gasteiger partial charge on any atom is -0.493 e. The molecular weight excluding hydrogens is 430 g/mol. The van der Waals surface area contributed by atoms with Gasteiger partial charge in [0.2, 0.25) is 5.76 Å². The second kappa shape index (κ2) is 9.23. The molecule has 1 saturated heterocycles. The second-order valence-electron chi connectivity index (χ2n) is 6.11. The van der Waals surface area contributed by atoms with E-state index in [2.05, 4.69) is 10.1 Å². The summed E-state index contributed by atoms with van der Waals surface area (Å²) < 4.78 is 20.5. The summed E-state index contributed by atoms with van der Waals surface area (Å²) in [6.45, 7) is -0.461. The van der Waals surface area contributed by atoms with E-state index in [0.717, 1.165) is 4.90 Å². The van der Waals surface area contributed by atoms with Gasteiger partial charge in [-0.2, -0.15) is 5.26 Å². The molecule has 0 aliphatic carbocycles. The molecule has 2 heterocycles. The van der Waals surface area contributed by atoms with Crippen LogP contribution in [0.25, 0.3) is 6.08 Å². The molecule has 1 aliphatic rings. The van der Waals surface area contributed by atoms with Crippen LogP contribution >= 0.6 is 11.6 Å². The molecule has 0 radical (unpaired) electrons. The minimum absolute atomic E-state index is 0.0455. The van der Waals surface area contributed by atoms with Gasteiger partial charge in [-0.25, -0.2) is 9.59 Å². The van der Waals surface area contributed by atoms with Crippen LogP contribution in [-0.2, 0) is 16.1 Å². The van der Waals surface area contributed by atoms with Crippen LogP contribution in [0.2, 0.25) is 5.02 Å². The first-order valence-electron chi connectivity index (χ1n) is 8.76. The van der Waals surface area contributed by atoms with Crippen molar-refractivity contribution >= 4 is 35.6 Å². The average Bonchev–Trinajstić information content (AvgIpc) is 3.32. The molecule has 160 valence electrons. The first kappa shape index (κ1) is 21.7. The summed E-state index contributed by atoms with van der Waals surface area (Å²) in [7, 11) is 2.61. The molecule has 1 N–H and O–H groups in total. The highest BCUT2D eigenvalue weighted by Crippen LogP contribution is 2.36. The Morgan fingerprint density at radius 2 is 2.10 bits per heavy atom. The molecule has 3 rings (SSSR count). The molecular formula is C20H16ClN3O7. The van der Waals surface area contributed by atoms with Crippen LogP contribution in [-0.4, -0.2) is 43.6 Å². The van der Waals surface area contributed by atoms with E-state index >= 15 is 0 Å². The van der Waals surface area contributed by atoms with E-state index in [9.17, 15) is 14.4 Å². The maximum Gasteiger partial charge on any atom is 0.373 e. The van der Waals surface area contributed by atoms with E-state index in [1.807, 2.05) is 6.07 Å². The number of ether oxygens (including phenoxy) is 3. The molecule has 0 saturated carbocycles. The lowest BCUT2D eigenvalue weighted by Gasteiger charge is -2.12. The number of rotatable bonds is 7. The maximum absolute atomic E-state index is 12.8. The third kappa shape index (κ3) is 4.62. The Morgan fingerprint density at radius 3 is 2.77 bits per heavy atom.